The van der Waals surface area contributed by atoms with E-state index in [4.69, 9.17) is 0 Å². The Labute approximate surface area is 111 Å². The molecule has 1 N–H and O–H groups in total. The Hall–Kier alpha value is -1.61. The fourth-order valence-electron chi connectivity index (χ4n) is 2.43. The van der Waals surface area contributed by atoms with E-state index in [0.29, 0.717) is 0 Å². The summed E-state index contributed by atoms with van der Waals surface area (Å²) in [6.45, 7) is 0. The van der Waals surface area contributed by atoms with Gasteiger partial charge in [0.2, 0.25) is 5.91 Å². The first kappa shape index (κ1) is 11.5. The summed E-state index contributed by atoms with van der Waals surface area (Å²) in [4.78, 5) is 13.6. The lowest BCUT2D eigenvalue weighted by molar-refractivity contribution is -0.120. The Bertz CT molecular complexity index is 547. The number of thiophene rings is 1. The Balaban J connectivity index is 1.68. The molecular formula is C15H15NOS. The quantitative estimate of drug-likeness (QED) is 0.876. The Morgan fingerprint density at radius 1 is 1.22 bits per heavy atom. The van der Waals surface area contributed by atoms with Crippen LogP contribution in [-0.4, -0.2) is 5.91 Å². The topological polar surface area (TPSA) is 29.1 Å². The van der Waals surface area contributed by atoms with Crippen LogP contribution in [0.2, 0.25) is 0 Å². The zero-order valence-electron chi connectivity index (χ0n) is 10.1. The van der Waals surface area contributed by atoms with Crippen LogP contribution in [0.5, 0.6) is 0 Å². The van der Waals surface area contributed by atoms with Gasteiger partial charge in [0, 0.05) is 16.5 Å². The lowest BCUT2D eigenvalue weighted by Crippen LogP contribution is -2.27. The van der Waals surface area contributed by atoms with Crippen LogP contribution in [-0.2, 0) is 17.6 Å². The molecule has 1 aromatic carbocycles. The maximum atomic E-state index is 12.2. The predicted octanol–water partition coefficient (Wildman–Crippen LogP) is 3.49. The van der Waals surface area contributed by atoms with Crippen LogP contribution >= 0.6 is 11.3 Å². The highest BCUT2D eigenvalue weighted by Crippen LogP contribution is 2.30. The number of anilines is 1. The summed E-state index contributed by atoms with van der Waals surface area (Å²) in [5.74, 6) is 0.269. The van der Waals surface area contributed by atoms with Crippen molar-refractivity contribution >= 4 is 22.9 Å². The molecule has 92 valence electrons. The first-order valence-electron chi connectivity index (χ1n) is 6.24. The molecule has 0 bridgehead atoms. The summed E-state index contributed by atoms with van der Waals surface area (Å²) in [6.07, 6.45) is 2.89. The van der Waals surface area contributed by atoms with E-state index < -0.39 is 0 Å². The van der Waals surface area contributed by atoms with Crippen molar-refractivity contribution in [1.29, 1.82) is 0 Å². The normalized spacial score (nSPS) is 18.1. The van der Waals surface area contributed by atoms with Crippen molar-refractivity contribution in [3.05, 3.63) is 52.2 Å². The minimum Gasteiger partial charge on any atom is -0.326 e. The van der Waals surface area contributed by atoms with E-state index in [-0.39, 0.29) is 11.8 Å². The molecule has 2 aromatic rings. The van der Waals surface area contributed by atoms with E-state index in [1.807, 2.05) is 41.7 Å². The molecule has 1 aliphatic carbocycles. The summed E-state index contributed by atoms with van der Waals surface area (Å²) in [6, 6.07) is 11.8. The van der Waals surface area contributed by atoms with Gasteiger partial charge in [-0.15, -0.1) is 11.3 Å². The molecular weight excluding hydrogens is 242 g/mol. The molecule has 0 saturated heterocycles. The van der Waals surface area contributed by atoms with E-state index in [1.54, 1.807) is 0 Å². The van der Waals surface area contributed by atoms with Crippen LogP contribution in [0.1, 0.15) is 16.9 Å². The minimum atomic E-state index is 0.118. The van der Waals surface area contributed by atoms with Gasteiger partial charge in [-0.1, -0.05) is 18.2 Å². The highest BCUT2D eigenvalue weighted by atomic mass is 32.1. The van der Waals surface area contributed by atoms with Gasteiger partial charge in [-0.3, -0.25) is 4.79 Å². The van der Waals surface area contributed by atoms with Gasteiger partial charge in [-0.25, -0.2) is 0 Å². The molecule has 3 rings (SSSR count). The Kier molecular flexibility index (Phi) is 3.15. The second-order valence-electron chi connectivity index (χ2n) is 4.66. The van der Waals surface area contributed by atoms with Crippen molar-refractivity contribution in [1.82, 2.24) is 0 Å². The number of hydrogen-bond donors (Lipinski definition) is 1. The van der Waals surface area contributed by atoms with Gasteiger partial charge in [-0.2, -0.15) is 0 Å². The number of benzene rings is 1. The lowest BCUT2D eigenvalue weighted by Gasteiger charge is -2.21. The lowest BCUT2D eigenvalue weighted by atomic mass is 9.88. The van der Waals surface area contributed by atoms with Gasteiger partial charge >= 0.3 is 0 Å². The van der Waals surface area contributed by atoms with Gasteiger partial charge in [0.25, 0.3) is 0 Å². The Morgan fingerprint density at radius 3 is 2.89 bits per heavy atom. The molecule has 0 fully saturated rings. The van der Waals surface area contributed by atoms with Crippen molar-refractivity contribution in [3.8, 4) is 0 Å². The second-order valence-corrected chi connectivity index (χ2v) is 5.66. The summed E-state index contributed by atoms with van der Waals surface area (Å²) < 4.78 is 0. The number of fused-ring (bicyclic) bond motifs is 1. The second kappa shape index (κ2) is 4.94. The molecule has 3 heteroatoms. The number of carbonyl (C=O) groups excluding carboxylic acids is 1. The third-order valence-electron chi connectivity index (χ3n) is 3.44. The van der Waals surface area contributed by atoms with E-state index >= 15 is 0 Å². The van der Waals surface area contributed by atoms with Gasteiger partial charge in [0.05, 0.1) is 0 Å². The van der Waals surface area contributed by atoms with Gasteiger partial charge in [0.1, 0.15) is 0 Å². The molecule has 0 radical (unpaired) electrons. The predicted molar refractivity (Wildman–Crippen MR) is 74.9 cm³/mol. The standard InChI is InChI=1S/C15H15NOS/c17-15(16-13-4-2-1-3-5-13)12-6-7-14-11(10-12)8-9-18-14/h1-5,8-9,12H,6-7,10H2,(H,16,17). The minimum absolute atomic E-state index is 0.118. The van der Waals surface area contributed by atoms with Gasteiger partial charge < -0.3 is 5.32 Å². The molecule has 2 nitrogen and oxygen atoms in total. The summed E-state index contributed by atoms with van der Waals surface area (Å²) in [7, 11) is 0. The number of hydrogen-bond acceptors (Lipinski definition) is 2. The Morgan fingerprint density at radius 2 is 2.06 bits per heavy atom. The number of nitrogens with one attached hydrogen (secondary N) is 1. The number of amides is 1. The van der Waals surface area contributed by atoms with Crippen LogP contribution < -0.4 is 5.32 Å². The average molecular weight is 257 g/mol. The van der Waals surface area contributed by atoms with Gasteiger partial charge in [0.15, 0.2) is 0 Å². The number of carbonyl (C=O) groups is 1. The summed E-state index contributed by atoms with van der Waals surface area (Å²) in [5.41, 5.74) is 2.25. The van der Waals surface area contributed by atoms with E-state index in [1.165, 1.54) is 10.4 Å². The average Bonchev–Trinajstić information content (AvgIpc) is 2.87. The van der Waals surface area contributed by atoms with Crippen molar-refractivity contribution in [2.75, 3.05) is 5.32 Å². The van der Waals surface area contributed by atoms with E-state index in [2.05, 4.69) is 16.8 Å². The molecule has 18 heavy (non-hydrogen) atoms. The molecule has 1 atom stereocenters. The van der Waals surface area contributed by atoms with E-state index in [0.717, 1.165) is 24.9 Å². The maximum absolute atomic E-state index is 12.2. The highest BCUT2D eigenvalue weighted by Gasteiger charge is 2.25. The largest absolute Gasteiger partial charge is 0.326 e. The van der Waals surface area contributed by atoms with Crippen LogP contribution in [0, 0.1) is 5.92 Å². The fourth-order valence-corrected chi connectivity index (χ4v) is 3.37. The zero-order chi connectivity index (χ0) is 12.4. The fraction of sp³-hybridized carbons (Fsp3) is 0.267. The molecule has 0 spiro atoms. The summed E-state index contributed by atoms with van der Waals surface area (Å²) in [5, 5.41) is 5.13. The molecule has 1 amide bonds. The van der Waals surface area contributed by atoms with Gasteiger partial charge in [-0.05, 0) is 48.4 Å². The van der Waals surface area contributed by atoms with E-state index in [9.17, 15) is 4.79 Å². The molecule has 1 aromatic heterocycles. The van der Waals surface area contributed by atoms with Crippen molar-refractivity contribution in [3.63, 3.8) is 0 Å². The number of para-hydroxylation sites is 1. The highest BCUT2D eigenvalue weighted by molar-refractivity contribution is 7.10. The molecule has 0 saturated carbocycles. The first-order valence-corrected chi connectivity index (χ1v) is 7.12. The molecule has 1 aliphatic rings. The van der Waals surface area contributed by atoms with Crippen molar-refractivity contribution in [2.24, 2.45) is 5.92 Å². The smallest absolute Gasteiger partial charge is 0.227 e. The maximum Gasteiger partial charge on any atom is 0.227 e. The van der Waals surface area contributed by atoms with Crippen LogP contribution in [0.4, 0.5) is 5.69 Å². The third kappa shape index (κ3) is 2.31. The SMILES string of the molecule is O=C(Nc1ccccc1)C1CCc2sccc2C1. The van der Waals surface area contributed by atoms with Crippen molar-refractivity contribution < 1.29 is 4.79 Å². The monoisotopic (exact) mass is 257 g/mol. The van der Waals surface area contributed by atoms with Crippen LogP contribution in [0.15, 0.2) is 41.8 Å². The number of aryl methyl sites for hydroxylation is 1. The third-order valence-corrected chi connectivity index (χ3v) is 4.46. The van der Waals surface area contributed by atoms with Crippen molar-refractivity contribution in [2.45, 2.75) is 19.3 Å². The number of rotatable bonds is 2. The molecule has 0 aliphatic heterocycles. The molecule has 1 heterocycles. The first-order chi connectivity index (χ1) is 8.83. The summed E-state index contributed by atoms with van der Waals surface area (Å²) >= 11 is 1.81. The van der Waals surface area contributed by atoms with Crippen LogP contribution in [0.25, 0.3) is 0 Å². The zero-order valence-corrected chi connectivity index (χ0v) is 10.9. The molecule has 1 unspecified atom stereocenters. The van der Waals surface area contributed by atoms with Crippen LogP contribution in [0.3, 0.4) is 0 Å².